The monoisotopic (exact) mass is 504 g/mol. The van der Waals surface area contributed by atoms with Crippen LogP contribution in [0.15, 0.2) is 72.0 Å². The van der Waals surface area contributed by atoms with Crippen LogP contribution in [-0.2, 0) is 4.79 Å². The summed E-state index contributed by atoms with van der Waals surface area (Å²) in [5.41, 5.74) is 3.20. The Kier molecular flexibility index (Phi) is 9.95. The van der Waals surface area contributed by atoms with Crippen molar-refractivity contribution in [2.45, 2.75) is 33.6 Å². The number of likely N-dealkylation sites (N-methyl/N-ethyl adjacent to an activating group) is 1. The van der Waals surface area contributed by atoms with Crippen LogP contribution in [0.3, 0.4) is 0 Å². The van der Waals surface area contributed by atoms with E-state index < -0.39 is 6.36 Å². The molecule has 2 heterocycles. The second kappa shape index (κ2) is 12.5. The molecule has 0 radical (unpaired) electrons. The zero-order chi connectivity index (χ0) is 27.0. The fraction of sp³-hybridized carbons (Fsp3) is 0.407. The summed E-state index contributed by atoms with van der Waals surface area (Å²) in [5.74, 6) is 1.20. The van der Waals surface area contributed by atoms with Crippen molar-refractivity contribution in [2.24, 2.45) is 4.99 Å². The number of halogens is 3. The van der Waals surface area contributed by atoms with Crippen molar-refractivity contribution in [3.05, 3.63) is 72.6 Å². The van der Waals surface area contributed by atoms with E-state index in [4.69, 9.17) is 4.99 Å². The fourth-order valence-corrected chi connectivity index (χ4v) is 4.06. The van der Waals surface area contributed by atoms with Gasteiger partial charge in [-0.15, -0.1) is 13.2 Å². The van der Waals surface area contributed by atoms with Crippen LogP contribution in [0.1, 0.15) is 32.8 Å². The number of hydrogen-bond donors (Lipinski definition) is 0. The predicted molar refractivity (Wildman–Crippen MR) is 138 cm³/mol. The van der Waals surface area contributed by atoms with Gasteiger partial charge in [-0.1, -0.05) is 51.3 Å². The van der Waals surface area contributed by atoms with Crippen LogP contribution in [0.2, 0.25) is 0 Å². The highest BCUT2D eigenvalue weighted by Gasteiger charge is 2.31. The molecule has 3 rings (SSSR count). The van der Waals surface area contributed by atoms with Gasteiger partial charge in [0.15, 0.2) is 0 Å². The Morgan fingerprint density at radius 1 is 1.08 bits per heavy atom. The molecule has 9 heteroatoms. The molecule has 1 aromatic rings. The zero-order valence-corrected chi connectivity index (χ0v) is 21.5. The van der Waals surface area contributed by atoms with E-state index in [1.54, 1.807) is 17.0 Å². The second-order valence-electron chi connectivity index (χ2n) is 8.31. The number of carbonyl (C=O) groups excluding carboxylic acids is 1. The summed E-state index contributed by atoms with van der Waals surface area (Å²) < 4.78 is 41.4. The molecular formula is C27H35F3N4O2. The lowest BCUT2D eigenvalue weighted by atomic mass is 9.91. The van der Waals surface area contributed by atoms with Crippen molar-refractivity contribution in [1.82, 2.24) is 14.7 Å². The predicted octanol–water partition coefficient (Wildman–Crippen LogP) is 5.48. The summed E-state index contributed by atoms with van der Waals surface area (Å²) in [7, 11) is 1.92. The van der Waals surface area contributed by atoms with Gasteiger partial charge in [0.1, 0.15) is 17.4 Å². The number of ether oxygens (including phenoxy) is 1. The first kappa shape index (κ1) is 28.7. The maximum Gasteiger partial charge on any atom is 0.573 e. The van der Waals surface area contributed by atoms with Crippen molar-refractivity contribution in [3.8, 4) is 5.75 Å². The molecule has 0 N–H and O–H groups in total. The molecule has 0 spiro atoms. The number of benzene rings is 1. The van der Waals surface area contributed by atoms with Crippen molar-refractivity contribution < 1.29 is 22.7 Å². The Bertz CT molecular complexity index is 1030. The molecule has 1 aromatic carbocycles. The van der Waals surface area contributed by atoms with Gasteiger partial charge in [0.05, 0.1) is 0 Å². The first-order valence-electron chi connectivity index (χ1n) is 11.9. The maximum absolute atomic E-state index is 12.5. The van der Waals surface area contributed by atoms with Crippen molar-refractivity contribution in [3.63, 3.8) is 0 Å². The van der Waals surface area contributed by atoms with Gasteiger partial charge in [0.25, 0.3) is 0 Å². The fourth-order valence-electron chi connectivity index (χ4n) is 4.06. The second-order valence-corrected chi connectivity index (χ2v) is 8.31. The number of carbonyl (C=O) groups is 1. The van der Waals surface area contributed by atoms with Crippen LogP contribution in [0.25, 0.3) is 5.57 Å². The summed E-state index contributed by atoms with van der Waals surface area (Å²) in [6, 6.07) is 5.65. The van der Waals surface area contributed by atoms with Gasteiger partial charge in [-0.25, -0.2) is 4.99 Å². The van der Waals surface area contributed by atoms with Gasteiger partial charge >= 0.3 is 6.36 Å². The first-order chi connectivity index (χ1) is 17.0. The van der Waals surface area contributed by atoms with Gasteiger partial charge in [-0.05, 0) is 42.7 Å². The Hall–Kier alpha value is -3.49. The summed E-state index contributed by atoms with van der Waals surface area (Å²) >= 11 is 0. The third kappa shape index (κ3) is 7.50. The Balaban J connectivity index is 0.00000222. The van der Waals surface area contributed by atoms with Crippen LogP contribution in [-0.4, -0.2) is 72.6 Å². The van der Waals surface area contributed by atoms with E-state index in [1.807, 2.05) is 32.7 Å². The van der Waals surface area contributed by atoms with E-state index in [9.17, 15) is 18.0 Å². The quantitative estimate of drug-likeness (QED) is 0.231. The molecule has 36 heavy (non-hydrogen) atoms. The van der Waals surface area contributed by atoms with Crippen LogP contribution in [0, 0.1) is 0 Å². The normalized spacial score (nSPS) is 16.9. The minimum atomic E-state index is -4.74. The Labute approximate surface area is 211 Å². The zero-order valence-electron chi connectivity index (χ0n) is 21.5. The summed E-state index contributed by atoms with van der Waals surface area (Å²) in [4.78, 5) is 22.6. The molecular weight excluding hydrogens is 469 g/mol. The average Bonchev–Trinajstić information content (AvgIpc) is 2.85. The van der Waals surface area contributed by atoms with Gasteiger partial charge in [-0.3, -0.25) is 4.79 Å². The van der Waals surface area contributed by atoms with Crippen LogP contribution < -0.4 is 4.74 Å². The SMILES string of the molecule is C=CC(=O)N1CCN(/C(C)=N/C2=C(C(=C)c3ccc(OC(F)(F)F)cc3)CC(=C)CN2C)CC1.CC. The number of piperazine rings is 1. The topological polar surface area (TPSA) is 48.4 Å². The molecule has 1 amide bonds. The van der Waals surface area contributed by atoms with Crippen LogP contribution >= 0.6 is 0 Å². The number of amidine groups is 1. The summed E-state index contributed by atoms with van der Waals surface area (Å²) in [6.07, 6.45) is -2.85. The molecule has 2 aliphatic heterocycles. The highest BCUT2D eigenvalue weighted by molar-refractivity contribution is 5.87. The smallest absolute Gasteiger partial charge is 0.406 e. The van der Waals surface area contributed by atoms with E-state index in [0.717, 1.165) is 22.8 Å². The van der Waals surface area contributed by atoms with E-state index in [0.29, 0.717) is 50.3 Å². The van der Waals surface area contributed by atoms with Gasteiger partial charge in [-0.2, -0.15) is 0 Å². The number of hydrogen-bond acceptors (Lipinski definition) is 4. The van der Waals surface area contributed by atoms with E-state index in [-0.39, 0.29) is 11.7 Å². The van der Waals surface area contributed by atoms with E-state index in [1.165, 1.54) is 18.2 Å². The minimum Gasteiger partial charge on any atom is -0.406 e. The van der Waals surface area contributed by atoms with Gasteiger partial charge in [0, 0.05) is 45.3 Å². The third-order valence-electron chi connectivity index (χ3n) is 5.81. The highest BCUT2D eigenvalue weighted by atomic mass is 19.4. The molecule has 1 fully saturated rings. The number of nitrogens with zero attached hydrogens (tertiary/aromatic N) is 4. The molecule has 0 unspecified atom stereocenters. The van der Waals surface area contributed by atoms with Crippen molar-refractivity contribution >= 4 is 17.3 Å². The molecule has 1 saturated heterocycles. The number of rotatable bonds is 5. The molecule has 0 saturated carbocycles. The molecule has 0 atom stereocenters. The standard InChI is InChI=1S/C25H29F3N4O2.C2H6/c1-6-23(33)32-13-11-31(12-14-32)19(4)29-24-22(15-17(2)16-30(24)5)18(3)20-7-9-21(10-8-20)34-25(26,27)28;1-2/h6-10H,1-3,11-16H2,4-5H3;1-2H3/b29-19+;. The lowest BCUT2D eigenvalue weighted by Gasteiger charge is -2.36. The maximum atomic E-state index is 12.5. The number of aliphatic imine (C=N–C) groups is 1. The Morgan fingerprint density at radius 2 is 1.64 bits per heavy atom. The number of alkyl halides is 3. The number of amides is 1. The Morgan fingerprint density at radius 3 is 2.17 bits per heavy atom. The molecule has 6 nitrogen and oxygen atoms in total. The first-order valence-corrected chi connectivity index (χ1v) is 11.9. The molecule has 0 bridgehead atoms. The molecule has 0 aromatic heterocycles. The van der Waals surface area contributed by atoms with Crippen LogP contribution in [0.5, 0.6) is 5.75 Å². The summed E-state index contributed by atoms with van der Waals surface area (Å²) in [5, 5.41) is 0. The van der Waals surface area contributed by atoms with Gasteiger partial charge < -0.3 is 19.4 Å². The molecule has 2 aliphatic rings. The van der Waals surface area contributed by atoms with E-state index >= 15 is 0 Å². The minimum absolute atomic E-state index is 0.0762. The average molecular weight is 505 g/mol. The number of allylic oxidation sites excluding steroid dienone is 2. The lowest BCUT2D eigenvalue weighted by molar-refractivity contribution is -0.274. The lowest BCUT2D eigenvalue weighted by Crippen LogP contribution is -2.49. The van der Waals surface area contributed by atoms with Crippen molar-refractivity contribution in [2.75, 3.05) is 39.8 Å². The molecule has 0 aliphatic carbocycles. The van der Waals surface area contributed by atoms with Gasteiger partial charge in [0.2, 0.25) is 5.91 Å². The highest BCUT2D eigenvalue weighted by Crippen LogP contribution is 2.35. The molecule has 196 valence electrons. The van der Waals surface area contributed by atoms with Crippen LogP contribution in [0.4, 0.5) is 13.2 Å². The van der Waals surface area contributed by atoms with E-state index in [2.05, 4.69) is 29.4 Å². The largest absolute Gasteiger partial charge is 0.573 e. The summed E-state index contributed by atoms with van der Waals surface area (Å²) in [6.45, 7) is 20.9. The third-order valence-corrected chi connectivity index (χ3v) is 5.81. The van der Waals surface area contributed by atoms with Crippen molar-refractivity contribution in [1.29, 1.82) is 0 Å².